The van der Waals surface area contributed by atoms with Gasteiger partial charge >= 0.3 is 0 Å². The molecule has 2 aliphatic heterocycles. The van der Waals surface area contributed by atoms with Crippen LogP contribution in [0.25, 0.3) is 10.9 Å². The van der Waals surface area contributed by atoms with Gasteiger partial charge in [0.25, 0.3) is 11.8 Å². The van der Waals surface area contributed by atoms with E-state index < -0.39 is 74.1 Å². The molecule has 3 fully saturated rings. The quantitative estimate of drug-likeness (QED) is 0.193. The van der Waals surface area contributed by atoms with Gasteiger partial charge in [0.1, 0.15) is 35.2 Å². The number of allylic oxidation sites excluding steroid dienone is 1. The van der Waals surface area contributed by atoms with Gasteiger partial charge in [-0.15, -0.1) is 11.3 Å². The minimum atomic E-state index is -3.92. The lowest BCUT2D eigenvalue weighted by molar-refractivity contribution is -0.141. The van der Waals surface area contributed by atoms with E-state index in [1.165, 1.54) is 4.90 Å². The molecule has 4 aliphatic rings. The lowest BCUT2D eigenvalue weighted by Gasteiger charge is -2.30. The van der Waals surface area contributed by atoms with Crippen molar-refractivity contribution < 1.29 is 46.9 Å². The van der Waals surface area contributed by atoms with Crippen molar-refractivity contribution >= 4 is 55.9 Å². The number of nitrogens with zero attached hydrogens (tertiary/aromatic N) is 2. The average Bonchev–Trinajstić information content (AvgIpc) is 4.05. The fourth-order valence-electron chi connectivity index (χ4n) is 8.02. The van der Waals surface area contributed by atoms with Crippen LogP contribution >= 0.6 is 11.3 Å². The van der Waals surface area contributed by atoms with Crippen LogP contribution in [0.3, 0.4) is 0 Å². The van der Waals surface area contributed by atoms with Crippen LogP contribution in [-0.2, 0) is 30.0 Å². The molecular formula is C43H55N5O10S2. The van der Waals surface area contributed by atoms with E-state index in [1.54, 1.807) is 39.2 Å². The molecule has 1 saturated heterocycles. The molecule has 4 amide bonds. The van der Waals surface area contributed by atoms with Crippen molar-refractivity contribution in [2.24, 2.45) is 5.92 Å². The highest BCUT2D eigenvalue weighted by Crippen LogP contribution is 2.46. The molecule has 7 rings (SSSR count). The third-order valence-corrected chi connectivity index (χ3v) is 14.8. The Kier molecular flexibility index (Phi) is 12.3. The van der Waals surface area contributed by atoms with Gasteiger partial charge in [-0.05, 0) is 97.4 Å². The number of aromatic nitrogens is 1. The Bertz CT molecular complexity index is 2300. The summed E-state index contributed by atoms with van der Waals surface area (Å²) in [6.45, 7) is 8.86. The zero-order chi connectivity index (χ0) is 43.1. The molecule has 3 aromatic rings. The highest BCUT2D eigenvalue weighted by atomic mass is 32.2. The number of aliphatic hydroxyl groups is 1. The standard InChI is InChI=1S/C43H55N5O10S2/c1-24(2)57-36-21-33(29-16-17-32(56-6)25(3)37(29)45-36)58-27-20-31-38(49)46-43(41(52)47-60(54,55)28-14-15-28)22-26(43)12-10-8-7-9-11-13-30(40(51)48(31)23-27)44-39(50)34-18-19-35(59-34)42(4,5)53/h10,12,16-19,21,24,26-28,30-31,53H,7-9,11,13-15,20,22-23H2,1-6H3,(H,44,50)(H,46,49)(H,47,52)/b12-10-. The molecular weight excluding hydrogens is 811 g/mol. The fourth-order valence-corrected chi connectivity index (χ4v) is 10.3. The van der Waals surface area contributed by atoms with Crippen molar-refractivity contribution in [2.45, 2.75) is 133 Å². The summed E-state index contributed by atoms with van der Waals surface area (Å²) in [4.78, 5) is 64.1. The smallest absolute Gasteiger partial charge is 0.262 e. The minimum absolute atomic E-state index is 0.0238. The molecule has 4 N–H and O–H groups in total. The minimum Gasteiger partial charge on any atom is -0.496 e. The van der Waals surface area contributed by atoms with Crippen LogP contribution in [0.1, 0.15) is 106 Å². The van der Waals surface area contributed by atoms with E-state index in [-0.39, 0.29) is 25.5 Å². The van der Waals surface area contributed by atoms with Crippen LogP contribution < -0.4 is 29.6 Å². The molecule has 5 atom stereocenters. The Hall–Kier alpha value is -4.74. The molecule has 2 aliphatic carbocycles. The van der Waals surface area contributed by atoms with Crippen LogP contribution in [-0.4, -0.2) is 95.8 Å². The zero-order valence-corrected chi connectivity index (χ0v) is 36.5. The van der Waals surface area contributed by atoms with Gasteiger partial charge in [-0.1, -0.05) is 25.0 Å². The number of ether oxygens (including phenoxy) is 3. The molecule has 0 spiro atoms. The molecule has 1 aromatic carbocycles. The normalized spacial score (nSPS) is 25.6. The van der Waals surface area contributed by atoms with Gasteiger partial charge in [-0.2, -0.15) is 0 Å². The maximum absolute atomic E-state index is 14.8. The number of hydrogen-bond acceptors (Lipinski definition) is 12. The van der Waals surface area contributed by atoms with Crippen molar-refractivity contribution in [3.63, 3.8) is 0 Å². The first kappa shape index (κ1) is 43.4. The number of carbonyl (C=O) groups is 4. The highest BCUT2D eigenvalue weighted by Gasteiger charge is 2.62. The van der Waals surface area contributed by atoms with Gasteiger partial charge in [-0.3, -0.25) is 23.9 Å². The molecule has 4 heterocycles. The van der Waals surface area contributed by atoms with E-state index in [4.69, 9.17) is 19.2 Å². The second-order valence-electron chi connectivity index (χ2n) is 17.2. The van der Waals surface area contributed by atoms with Gasteiger partial charge in [0, 0.05) is 34.2 Å². The molecule has 0 bridgehead atoms. The van der Waals surface area contributed by atoms with Crippen LogP contribution in [0.5, 0.6) is 17.4 Å². The van der Waals surface area contributed by atoms with Gasteiger partial charge in [0.2, 0.25) is 27.7 Å². The molecule has 60 heavy (non-hydrogen) atoms. The summed E-state index contributed by atoms with van der Waals surface area (Å²) < 4.78 is 46.4. The van der Waals surface area contributed by atoms with Crippen molar-refractivity contribution in [1.29, 1.82) is 0 Å². The number of hydrogen-bond donors (Lipinski definition) is 4. The highest BCUT2D eigenvalue weighted by molar-refractivity contribution is 7.91. The molecule has 2 aromatic heterocycles. The van der Waals surface area contributed by atoms with Crippen LogP contribution in [0.4, 0.5) is 0 Å². The molecule has 324 valence electrons. The van der Waals surface area contributed by atoms with E-state index in [1.807, 2.05) is 45.1 Å². The topological polar surface area (TPSA) is 203 Å². The Morgan fingerprint density at radius 1 is 1.08 bits per heavy atom. The van der Waals surface area contributed by atoms with Crippen molar-refractivity contribution in [2.75, 3.05) is 13.7 Å². The summed E-state index contributed by atoms with van der Waals surface area (Å²) in [5, 5.41) is 16.4. The maximum atomic E-state index is 14.8. The largest absolute Gasteiger partial charge is 0.496 e. The van der Waals surface area contributed by atoms with E-state index in [0.29, 0.717) is 70.1 Å². The first-order valence-electron chi connectivity index (χ1n) is 20.7. The number of benzene rings is 1. The Morgan fingerprint density at radius 3 is 2.53 bits per heavy atom. The molecule has 5 unspecified atom stereocenters. The number of fused-ring (bicyclic) bond motifs is 3. The number of pyridine rings is 1. The van der Waals surface area contributed by atoms with Gasteiger partial charge in [-0.25, -0.2) is 13.4 Å². The number of nitrogens with one attached hydrogen (secondary N) is 3. The van der Waals surface area contributed by atoms with E-state index in [2.05, 4.69) is 15.4 Å². The average molecular weight is 866 g/mol. The van der Waals surface area contributed by atoms with Crippen molar-refractivity contribution in [3.8, 4) is 17.4 Å². The predicted molar refractivity (Wildman–Crippen MR) is 225 cm³/mol. The van der Waals surface area contributed by atoms with E-state index in [0.717, 1.165) is 29.7 Å². The van der Waals surface area contributed by atoms with E-state index in [9.17, 15) is 32.7 Å². The number of aryl methyl sites for hydroxylation is 1. The lowest BCUT2D eigenvalue weighted by atomic mass is 10.0. The predicted octanol–water partition coefficient (Wildman–Crippen LogP) is 4.78. The first-order chi connectivity index (χ1) is 28.4. The Labute approximate surface area is 354 Å². The fraction of sp³-hybridized carbons (Fsp3) is 0.558. The van der Waals surface area contributed by atoms with Gasteiger partial charge in [0.15, 0.2) is 0 Å². The molecule has 2 saturated carbocycles. The molecule has 17 heteroatoms. The van der Waals surface area contributed by atoms with Crippen LogP contribution in [0.2, 0.25) is 0 Å². The molecule has 0 radical (unpaired) electrons. The number of rotatable bonds is 11. The number of amides is 4. The van der Waals surface area contributed by atoms with Crippen molar-refractivity contribution in [1.82, 2.24) is 25.2 Å². The summed E-state index contributed by atoms with van der Waals surface area (Å²) in [6.07, 6.45) is 7.11. The summed E-state index contributed by atoms with van der Waals surface area (Å²) in [7, 11) is -2.35. The zero-order valence-electron chi connectivity index (χ0n) is 34.9. The second-order valence-corrected chi connectivity index (χ2v) is 20.2. The second kappa shape index (κ2) is 17.0. The number of methoxy groups -OCH3 is 1. The number of thiophene rings is 1. The Morgan fingerprint density at radius 2 is 1.85 bits per heavy atom. The number of sulfonamides is 1. The third kappa shape index (κ3) is 9.27. The summed E-state index contributed by atoms with van der Waals surface area (Å²) in [5.41, 5.74) is -1.34. The summed E-state index contributed by atoms with van der Waals surface area (Å²) in [6, 6.07) is 6.44. The van der Waals surface area contributed by atoms with E-state index >= 15 is 0 Å². The Balaban J connectivity index is 1.23. The molecule has 15 nitrogen and oxygen atoms in total. The summed E-state index contributed by atoms with van der Waals surface area (Å²) >= 11 is 1.13. The van der Waals surface area contributed by atoms with Gasteiger partial charge < -0.3 is 34.9 Å². The van der Waals surface area contributed by atoms with Gasteiger partial charge in [0.05, 0.1) is 41.0 Å². The van der Waals surface area contributed by atoms with Crippen LogP contribution in [0, 0.1) is 12.8 Å². The van der Waals surface area contributed by atoms with Crippen molar-refractivity contribution in [3.05, 3.63) is 57.8 Å². The number of carbonyl (C=O) groups excluding carboxylic acids is 4. The maximum Gasteiger partial charge on any atom is 0.262 e. The van der Waals surface area contributed by atoms with Crippen LogP contribution in [0.15, 0.2) is 42.5 Å². The third-order valence-electron chi connectivity index (χ3n) is 11.6. The lowest BCUT2D eigenvalue weighted by Crippen LogP contribution is -2.58. The summed E-state index contributed by atoms with van der Waals surface area (Å²) in [5.74, 6) is -1.51. The SMILES string of the molecule is COc1ccc2c(OC3CC4C(=O)NC5(C(=O)NS(=O)(=O)C6CC6)CC5/C=C\CCCCCC(NC(=O)c5ccc(C(C)(C)O)s5)C(=O)N4C3)cc(OC(C)C)nc2c1C. The first-order valence-corrected chi connectivity index (χ1v) is 23.1. The monoisotopic (exact) mass is 865 g/mol.